The molecule has 1 aromatic heterocycles. The number of rotatable bonds is 4. The van der Waals surface area contributed by atoms with Gasteiger partial charge in [-0.3, -0.25) is 0 Å². The molecule has 0 bridgehead atoms. The molecule has 0 saturated carbocycles. The third-order valence-electron chi connectivity index (χ3n) is 2.97. The minimum absolute atomic E-state index is 0.354. The largest absolute Gasteiger partial charge is 0.304 e. The van der Waals surface area contributed by atoms with Crippen LogP contribution < -0.4 is 5.32 Å². The van der Waals surface area contributed by atoms with Gasteiger partial charge in [0.25, 0.3) is 0 Å². The topological polar surface area (TPSA) is 24.9 Å². The van der Waals surface area contributed by atoms with Crippen molar-refractivity contribution in [2.24, 2.45) is 0 Å². The zero-order valence-electron chi connectivity index (χ0n) is 11.4. The summed E-state index contributed by atoms with van der Waals surface area (Å²) in [6, 6.07) is 7.06. The fourth-order valence-electron chi connectivity index (χ4n) is 2.10. The van der Waals surface area contributed by atoms with Crippen LogP contribution in [0.2, 0.25) is 0 Å². The van der Waals surface area contributed by atoms with Crippen molar-refractivity contribution in [1.82, 2.24) is 10.3 Å². The van der Waals surface area contributed by atoms with Crippen molar-refractivity contribution >= 4 is 11.3 Å². The second kappa shape index (κ2) is 5.63. The van der Waals surface area contributed by atoms with Crippen LogP contribution in [0.1, 0.15) is 39.5 Å². The molecule has 1 atom stereocenters. The Balaban J connectivity index is 2.01. The number of benzene rings is 1. The third kappa shape index (κ3) is 3.40. The Bertz CT molecular complexity index is 511. The highest BCUT2D eigenvalue weighted by molar-refractivity contribution is 7.11. The summed E-state index contributed by atoms with van der Waals surface area (Å²) in [6.07, 6.45) is 1.93. The van der Waals surface area contributed by atoms with E-state index in [4.69, 9.17) is 0 Å². The molecule has 0 radical (unpaired) electrons. The number of nitrogens with one attached hydrogen (secondary N) is 1. The molecule has 0 saturated heterocycles. The van der Waals surface area contributed by atoms with Crippen LogP contribution in [0.3, 0.4) is 0 Å². The highest BCUT2D eigenvalue weighted by atomic mass is 32.1. The molecule has 1 heterocycles. The van der Waals surface area contributed by atoms with E-state index in [1.54, 1.807) is 11.3 Å². The first-order valence-electron chi connectivity index (χ1n) is 6.27. The molecule has 96 valence electrons. The minimum atomic E-state index is 0.354. The van der Waals surface area contributed by atoms with Crippen LogP contribution >= 0.6 is 11.3 Å². The lowest BCUT2D eigenvalue weighted by atomic mass is 10.0. The van der Waals surface area contributed by atoms with Crippen LogP contribution in [0.4, 0.5) is 0 Å². The van der Waals surface area contributed by atoms with E-state index in [0.717, 1.165) is 11.6 Å². The summed E-state index contributed by atoms with van der Waals surface area (Å²) < 4.78 is 0. The average molecular weight is 260 g/mol. The van der Waals surface area contributed by atoms with E-state index in [-0.39, 0.29) is 0 Å². The molecule has 2 rings (SSSR count). The van der Waals surface area contributed by atoms with Crippen molar-refractivity contribution in [1.29, 1.82) is 0 Å². The van der Waals surface area contributed by atoms with Gasteiger partial charge in [-0.1, -0.05) is 29.3 Å². The molecule has 1 aromatic carbocycles. The third-order valence-corrected chi connectivity index (χ3v) is 3.89. The molecule has 0 fully saturated rings. The Morgan fingerprint density at radius 3 is 2.39 bits per heavy atom. The molecule has 3 heteroatoms. The van der Waals surface area contributed by atoms with Gasteiger partial charge >= 0.3 is 0 Å². The standard InChI is InChI=1S/C15H20N2S/c1-10-5-11(2)7-14(6-10)13(4)16-9-15-17-8-12(3)18-15/h5-8,13,16H,9H2,1-4H3. The zero-order valence-corrected chi connectivity index (χ0v) is 12.3. The maximum Gasteiger partial charge on any atom is 0.107 e. The van der Waals surface area contributed by atoms with Crippen molar-refractivity contribution in [3.63, 3.8) is 0 Å². The smallest absolute Gasteiger partial charge is 0.107 e. The summed E-state index contributed by atoms with van der Waals surface area (Å²) in [4.78, 5) is 5.64. The summed E-state index contributed by atoms with van der Waals surface area (Å²) in [5, 5.41) is 4.69. The quantitative estimate of drug-likeness (QED) is 0.901. The Labute approximate surface area is 113 Å². The first-order chi connectivity index (χ1) is 8.54. The summed E-state index contributed by atoms with van der Waals surface area (Å²) in [5.41, 5.74) is 3.99. The Morgan fingerprint density at radius 2 is 1.83 bits per heavy atom. The minimum Gasteiger partial charge on any atom is -0.304 e. The van der Waals surface area contributed by atoms with Crippen LogP contribution in [-0.4, -0.2) is 4.98 Å². The lowest BCUT2D eigenvalue weighted by Crippen LogP contribution is -2.18. The molecule has 2 aromatic rings. The lowest BCUT2D eigenvalue weighted by molar-refractivity contribution is 0.572. The van der Waals surface area contributed by atoms with Crippen LogP contribution in [0, 0.1) is 20.8 Å². The van der Waals surface area contributed by atoms with Gasteiger partial charge in [-0.05, 0) is 33.3 Å². The summed E-state index contributed by atoms with van der Waals surface area (Å²) in [5.74, 6) is 0. The second-order valence-electron chi connectivity index (χ2n) is 4.89. The van der Waals surface area contributed by atoms with E-state index >= 15 is 0 Å². The highest BCUT2D eigenvalue weighted by Crippen LogP contribution is 2.18. The Morgan fingerprint density at radius 1 is 1.17 bits per heavy atom. The fourth-order valence-corrected chi connectivity index (χ4v) is 2.84. The van der Waals surface area contributed by atoms with E-state index in [1.807, 2.05) is 6.20 Å². The summed E-state index contributed by atoms with van der Waals surface area (Å²) in [7, 11) is 0. The summed E-state index contributed by atoms with van der Waals surface area (Å²) in [6.45, 7) is 9.43. The number of hydrogen-bond acceptors (Lipinski definition) is 3. The predicted octanol–water partition coefficient (Wildman–Crippen LogP) is 3.92. The van der Waals surface area contributed by atoms with Crippen molar-refractivity contribution in [2.75, 3.05) is 0 Å². The van der Waals surface area contributed by atoms with Gasteiger partial charge in [-0.25, -0.2) is 4.98 Å². The number of thiazole rings is 1. The lowest BCUT2D eigenvalue weighted by Gasteiger charge is -2.14. The fraction of sp³-hybridized carbons (Fsp3) is 0.400. The van der Waals surface area contributed by atoms with Gasteiger partial charge in [0.2, 0.25) is 0 Å². The van der Waals surface area contributed by atoms with Gasteiger partial charge in [-0.2, -0.15) is 0 Å². The first kappa shape index (κ1) is 13.2. The molecule has 0 aliphatic rings. The van der Waals surface area contributed by atoms with Crippen LogP contribution in [0.5, 0.6) is 0 Å². The number of nitrogens with zero attached hydrogens (tertiary/aromatic N) is 1. The predicted molar refractivity (Wildman–Crippen MR) is 78.0 cm³/mol. The van der Waals surface area contributed by atoms with Crippen molar-refractivity contribution in [3.05, 3.63) is 51.0 Å². The first-order valence-corrected chi connectivity index (χ1v) is 7.09. The van der Waals surface area contributed by atoms with Gasteiger partial charge in [-0.15, -0.1) is 11.3 Å². The van der Waals surface area contributed by atoms with Crippen molar-refractivity contribution < 1.29 is 0 Å². The van der Waals surface area contributed by atoms with E-state index in [1.165, 1.54) is 21.6 Å². The van der Waals surface area contributed by atoms with Crippen molar-refractivity contribution in [3.8, 4) is 0 Å². The maximum atomic E-state index is 4.37. The molecule has 0 aliphatic carbocycles. The molecule has 1 N–H and O–H groups in total. The van der Waals surface area contributed by atoms with Crippen molar-refractivity contribution in [2.45, 2.75) is 40.3 Å². The van der Waals surface area contributed by atoms with Gasteiger partial charge in [0.05, 0.1) is 0 Å². The normalized spacial score (nSPS) is 12.7. The average Bonchev–Trinajstić information content (AvgIpc) is 2.70. The monoisotopic (exact) mass is 260 g/mol. The van der Waals surface area contributed by atoms with E-state index in [9.17, 15) is 0 Å². The van der Waals surface area contributed by atoms with Crippen LogP contribution in [0.25, 0.3) is 0 Å². The maximum absolute atomic E-state index is 4.37. The zero-order chi connectivity index (χ0) is 13.1. The van der Waals surface area contributed by atoms with Crippen LogP contribution in [0.15, 0.2) is 24.4 Å². The highest BCUT2D eigenvalue weighted by Gasteiger charge is 2.07. The van der Waals surface area contributed by atoms with Crippen LogP contribution in [-0.2, 0) is 6.54 Å². The number of aryl methyl sites for hydroxylation is 3. The van der Waals surface area contributed by atoms with E-state index < -0.39 is 0 Å². The second-order valence-corrected chi connectivity index (χ2v) is 6.21. The van der Waals surface area contributed by atoms with Gasteiger partial charge in [0.15, 0.2) is 0 Å². The van der Waals surface area contributed by atoms with E-state index in [0.29, 0.717) is 6.04 Å². The van der Waals surface area contributed by atoms with Gasteiger partial charge in [0.1, 0.15) is 5.01 Å². The van der Waals surface area contributed by atoms with Gasteiger partial charge < -0.3 is 5.32 Å². The summed E-state index contributed by atoms with van der Waals surface area (Å²) >= 11 is 1.76. The molecule has 1 unspecified atom stereocenters. The molecular formula is C15H20N2S. The van der Waals surface area contributed by atoms with E-state index in [2.05, 4.69) is 56.2 Å². The Kier molecular flexibility index (Phi) is 4.15. The molecule has 0 spiro atoms. The number of hydrogen-bond donors (Lipinski definition) is 1. The molecule has 18 heavy (non-hydrogen) atoms. The molecule has 2 nitrogen and oxygen atoms in total. The molecular weight excluding hydrogens is 240 g/mol. The molecule has 0 aliphatic heterocycles. The Hall–Kier alpha value is -1.19. The molecule has 0 amide bonds. The van der Waals surface area contributed by atoms with Gasteiger partial charge in [0, 0.05) is 23.7 Å². The SMILES string of the molecule is Cc1cc(C)cc(C(C)NCc2ncc(C)s2)c1. The number of aromatic nitrogens is 1.